The maximum absolute atomic E-state index is 5.51. The van der Waals surface area contributed by atoms with E-state index in [0.29, 0.717) is 0 Å². The second kappa shape index (κ2) is 5.35. The van der Waals surface area contributed by atoms with Gasteiger partial charge in [-0.15, -0.1) is 0 Å². The highest BCUT2D eigenvalue weighted by Gasteiger charge is 2.11. The molecule has 0 spiro atoms. The van der Waals surface area contributed by atoms with E-state index in [2.05, 4.69) is 54.7 Å². The molecule has 1 N–H and O–H groups in total. The van der Waals surface area contributed by atoms with Gasteiger partial charge in [-0.2, -0.15) is 0 Å². The summed E-state index contributed by atoms with van der Waals surface area (Å²) in [5.41, 5.74) is 5.18. The highest BCUT2D eigenvalue weighted by molar-refractivity contribution is 5.52. The van der Waals surface area contributed by atoms with Crippen LogP contribution in [0.5, 0.6) is 5.75 Å². The predicted octanol–water partition coefficient (Wildman–Crippen LogP) is 3.80. The van der Waals surface area contributed by atoms with Crippen molar-refractivity contribution in [2.75, 3.05) is 11.9 Å². The number of rotatable bonds is 4. The highest BCUT2D eigenvalue weighted by atomic mass is 16.5. The topological polar surface area (TPSA) is 21.3 Å². The summed E-state index contributed by atoms with van der Waals surface area (Å²) in [5.74, 6) is 1.04. The molecule has 1 aliphatic rings. The van der Waals surface area contributed by atoms with E-state index in [1.54, 1.807) is 0 Å². The van der Waals surface area contributed by atoms with Crippen LogP contribution in [0, 0.1) is 0 Å². The molecule has 0 radical (unpaired) electrons. The molecule has 2 aromatic carbocycles. The summed E-state index contributed by atoms with van der Waals surface area (Å²) in [7, 11) is 0. The van der Waals surface area contributed by atoms with Crippen LogP contribution in [0.2, 0.25) is 0 Å². The van der Waals surface area contributed by atoms with Crippen molar-refractivity contribution >= 4 is 5.69 Å². The molecule has 2 heteroatoms. The Morgan fingerprint density at radius 2 is 1.84 bits per heavy atom. The number of fused-ring (bicyclic) bond motifs is 1. The Kier molecular flexibility index (Phi) is 3.41. The van der Waals surface area contributed by atoms with Crippen LogP contribution in [-0.4, -0.2) is 6.61 Å². The Balaban J connectivity index is 1.65. The average Bonchev–Trinajstić information content (AvgIpc) is 2.93. The van der Waals surface area contributed by atoms with Crippen LogP contribution in [0.4, 0.5) is 5.69 Å². The van der Waals surface area contributed by atoms with Gasteiger partial charge in [-0.1, -0.05) is 31.2 Å². The molecular weight excluding hydrogens is 234 g/mol. The summed E-state index contributed by atoms with van der Waals surface area (Å²) in [4.78, 5) is 0. The molecule has 1 heterocycles. The molecule has 2 aromatic rings. The predicted molar refractivity (Wildman–Crippen MR) is 78.8 cm³/mol. The fraction of sp³-hybridized carbons (Fsp3) is 0.294. The van der Waals surface area contributed by atoms with Gasteiger partial charge >= 0.3 is 0 Å². The second-order valence-corrected chi connectivity index (χ2v) is 4.94. The van der Waals surface area contributed by atoms with Gasteiger partial charge in [0.05, 0.1) is 6.61 Å². The first-order valence-electron chi connectivity index (χ1n) is 6.92. The number of nitrogens with one attached hydrogen (secondary N) is 1. The molecule has 98 valence electrons. The van der Waals surface area contributed by atoms with Gasteiger partial charge in [-0.25, -0.2) is 0 Å². The molecule has 0 fully saturated rings. The summed E-state index contributed by atoms with van der Waals surface area (Å²) in [6, 6.07) is 15.1. The van der Waals surface area contributed by atoms with Gasteiger partial charge in [0, 0.05) is 18.7 Å². The van der Waals surface area contributed by atoms with E-state index in [1.807, 2.05) is 0 Å². The third kappa shape index (κ3) is 2.73. The van der Waals surface area contributed by atoms with Gasteiger partial charge in [-0.3, -0.25) is 0 Å². The van der Waals surface area contributed by atoms with Gasteiger partial charge in [0.15, 0.2) is 0 Å². The lowest BCUT2D eigenvalue weighted by atomic mass is 10.1. The summed E-state index contributed by atoms with van der Waals surface area (Å²) < 4.78 is 5.51. The molecule has 0 saturated heterocycles. The molecule has 0 bridgehead atoms. The van der Waals surface area contributed by atoms with Crippen LogP contribution in [0.25, 0.3) is 0 Å². The number of benzene rings is 2. The molecular formula is C17H19NO. The molecule has 0 aliphatic carbocycles. The minimum Gasteiger partial charge on any atom is -0.493 e. The van der Waals surface area contributed by atoms with Crippen molar-refractivity contribution in [3.8, 4) is 5.75 Å². The summed E-state index contributed by atoms with van der Waals surface area (Å²) in [6.45, 7) is 3.86. The first-order chi connectivity index (χ1) is 9.35. The SMILES string of the molecule is CCc1ccc(CNc2ccc3c(c2)CCO3)cc1. The Bertz CT molecular complexity index is 560. The number of ether oxygens (including phenoxy) is 1. The van der Waals surface area contributed by atoms with Crippen molar-refractivity contribution in [3.05, 3.63) is 59.2 Å². The first kappa shape index (κ1) is 12.1. The highest BCUT2D eigenvalue weighted by Crippen LogP contribution is 2.28. The van der Waals surface area contributed by atoms with Gasteiger partial charge < -0.3 is 10.1 Å². The maximum atomic E-state index is 5.51. The zero-order valence-corrected chi connectivity index (χ0v) is 11.3. The van der Waals surface area contributed by atoms with Crippen molar-refractivity contribution < 1.29 is 4.74 Å². The summed E-state index contributed by atoms with van der Waals surface area (Å²) >= 11 is 0. The van der Waals surface area contributed by atoms with Crippen molar-refractivity contribution in [3.63, 3.8) is 0 Å². The summed E-state index contributed by atoms with van der Waals surface area (Å²) in [6.07, 6.45) is 2.12. The fourth-order valence-corrected chi connectivity index (χ4v) is 2.39. The van der Waals surface area contributed by atoms with E-state index in [4.69, 9.17) is 4.74 Å². The lowest BCUT2D eigenvalue weighted by Gasteiger charge is -2.08. The largest absolute Gasteiger partial charge is 0.493 e. The molecule has 19 heavy (non-hydrogen) atoms. The molecule has 0 atom stereocenters. The van der Waals surface area contributed by atoms with Crippen molar-refractivity contribution in [2.45, 2.75) is 26.3 Å². The fourth-order valence-electron chi connectivity index (χ4n) is 2.39. The molecule has 0 aromatic heterocycles. The standard InChI is InChI=1S/C17H19NO/c1-2-13-3-5-14(6-4-13)12-18-16-7-8-17-15(11-16)9-10-19-17/h3-8,11,18H,2,9-10,12H2,1H3. The van der Waals surface area contributed by atoms with E-state index in [1.165, 1.54) is 22.4 Å². The minimum atomic E-state index is 0.817. The molecule has 0 saturated carbocycles. The van der Waals surface area contributed by atoms with Crippen LogP contribution in [0.15, 0.2) is 42.5 Å². The van der Waals surface area contributed by atoms with Crippen LogP contribution in [0.3, 0.4) is 0 Å². The maximum Gasteiger partial charge on any atom is 0.122 e. The first-order valence-corrected chi connectivity index (χ1v) is 6.92. The average molecular weight is 253 g/mol. The van der Waals surface area contributed by atoms with Crippen LogP contribution in [-0.2, 0) is 19.4 Å². The van der Waals surface area contributed by atoms with Crippen LogP contribution in [0.1, 0.15) is 23.6 Å². The van der Waals surface area contributed by atoms with Crippen molar-refractivity contribution in [1.82, 2.24) is 0 Å². The van der Waals surface area contributed by atoms with Crippen molar-refractivity contribution in [2.24, 2.45) is 0 Å². The Labute approximate surface area is 114 Å². The smallest absolute Gasteiger partial charge is 0.122 e. The Hall–Kier alpha value is -1.96. The number of hydrogen-bond donors (Lipinski definition) is 1. The molecule has 0 amide bonds. The molecule has 2 nitrogen and oxygen atoms in total. The van der Waals surface area contributed by atoms with Crippen LogP contribution < -0.4 is 10.1 Å². The van der Waals surface area contributed by atoms with Gasteiger partial charge in [0.25, 0.3) is 0 Å². The van der Waals surface area contributed by atoms with Crippen molar-refractivity contribution in [1.29, 1.82) is 0 Å². The van der Waals surface area contributed by atoms with E-state index in [-0.39, 0.29) is 0 Å². The molecule has 0 unspecified atom stereocenters. The number of hydrogen-bond acceptors (Lipinski definition) is 2. The third-order valence-corrected chi connectivity index (χ3v) is 3.62. The summed E-state index contributed by atoms with van der Waals surface area (Å²) in [5, 5.41) is 3.47. The van der Waals surface area contributed by atoms with E-state index in [0.717, 1.165) is 31.7 Å². The quantitative estimate of drug-likeness (QED) is 0.895. The van der Waals surface area contributed by atoms with E-state index in [9.17, 15) is 0 Å². The lowest BCUT2D eigenvalue weighted by molar-refractivity contribution is 0.357. The van der Waals surface area contributed by atoms with Gasteiger partial charge in [0.1, 0.15) is 5.75 Å². The molecule has 3 rings (SSSR count). The second-order valence-electron chi connectivity index (χ2n) is 4.94. The molecule has 1 aliphatic heterocycles. The normalized spacial score (nSPS) is 12.9. The van der Waals surface area contributed by atoms with E-state index >= 15 is 0 Å². The zero-order valence-electron chi connectivity index (χ0n) is 11.3. The number of aryl methyl sites for hydroxylation is 1. The Morgan fingerprint density at radius 3 is 2.63 bits per heavy atom. The zero-order chi connectivity index (χ0) is 13.1. The number of anilines is 1. The lowest BCUT2D eigenvalue weighted by Crippen LogP contribution is -1.99. The Morgan fingerprint density at radius 1 is 1.05 bits per heavy atom. The van der Waals surface area contributed by atoms with Gasteiger partial charge in [0.2, 0.25) is 0 Å². The van der Waals surface area contributed by atoms with Gasteiger partial charge in [-0.05, 0) is 41.3 Å². The monoisotopic (exact) mass is 253 g/mol. The minimum absolute atomic E-state index is 0.817. The third-order valence-electron chi connectivity index (χ3n) is 3.62. The van der Waals surface area contributed by atoms with E-state index < -0.39 is 0 Å². The van der Waals surface area contributed by atoms with Crippen LogP contribution >= 0.6 is 0 Å².